The van der Waals surface area contributed by atoms with Crippen LogP contribution >= 0.6 is 11.8 Å². The van der Waals surface area contributed by atoms with Crippen LogP contribution in [0.5, 0.6) is 5.75 Å². The van der Waals surface area contributed by atoms with Crippen LogP contribution in [-0.4, -0.2) is 29.1 Å². The van der Waals surface area contributed by atoms with E-state index in [1.807, 2.05) is 30.5 Å². The molecule has 0 saturated heterocycles. The van der Waals surface area contributed by atoms with Gasteiger partial charge < -0.3 is 15.2 Å². The summed E-state index contributed by atoms with van der Waals surface area (Å²) < 4.78 is 5.79. The van der Waals surface area contributed by atoms with E-state index in [1.165, 1.54) is 5.56 Å². The Bertz CT molecular complexity index is 656. The Morgan fingerprint density at radius 3 is 2.36 bits per heavy atom. The molecule has 5 heteroatoms. The van der Waals surface area contributed by atoms with Crippen LogP contribution < -0.4 is 10.1 Å². The number of ether oxygens (including phenoxy) is 1. The second-order valence-electron chi connectivity index (χ2n) is 5.97. The smallest absolute Gasteiger partial charge is 0.320 e. The quantitative estimate of drug-likeness (QED) is 0.674. The van der Waals surface area contributed by atoms with Crippen molar-refractivity contribution >= 4 is 17.7 Å². The molecule has 0 spiro atoms. The predicted molar refractivity (Wildman–Crippen MR) is 103 cm³/mol. The van der Waals surface area contributed by atoms with Gasteiger partial charge in [0.15, 0.2) is 0 Å². The molecule has 0 aliphatic carbocycles. The molecule has 0 aliphatic heterocycles. The molecule has 1 atom stereocenters. The van der Waals surface area contributed by atoms with E-state index < -0.39 is 12.0 Å². The Hall–Kier alpha value is -1.98. The maximum absolute atomic E-state index is 11.2. The number of aliphatic carboxylic acids is 1. The zero-order valence-electron chi connectivity index (χ0n) is 14.7. The van der Waals surface area contributed by atoms with Gasteiger partial charge in [-0.3, -0.25) is 4.79 Å². The second kappa shape index (κ2) is 10.1. The Morgan fingerprint density at radius 2 is 1.76 bits per heavy atom. The molecule has 1 unspecified atom stereocenters. The molecule has 0 bridgehead atoms. The van der Waals surface area contributed by atoms with E-state index in [-0.39, 0.29) is 0 Å². The third-order valence-electron chi connectivity index (χ3n) is 3.91. The number of thioether (sulfide) groups is 1. The van der Waals surface area contributed by atoms with Crippen LogP contribution in [0.1, 0.15) is 23.1 Å². The van der Waals surface area contributed by atoms with Gasteiger partial charge in [-0.2, -0.15) is 11.8 Å². The maximum Gasteiger partial charge on any atom is 0.320 e. The van der Waals surface area contributed by atoms with Gasteiger partial charge in [0.25, 0.3) is 0 Å². The molecule has 0 amide bonds. The van der Waals surface area contributed by atoms with Crippen LogP contribution in [0.3, 0.4) is 0 Å². The predicted octanol–water partition coefficient (Wildman–Crippen LogP) is 3.87. The van der Waals surface area contributed by atoms with E-state index in [0.29, 0.717) is 19.6 Å². The van der Waals surface area contributed by atoms with Gasteiger partial charge in [-0.15, -0.1) is 0 Å². The number of carboxylic acid groups (broad SMARTS) is 1. The molecular weight excluding hydrogens is 334 g/mol. The lowest BCUT2D eigenvalue weighted by Crippen LogP contribution is -2.36. The summed E-state index contributed by atoms with van der Waals surface area (Å²) in [6.45, 7) is 3.13. The minimum absolute atomic E-state index is 0.509. The maximum atomic E-state index is 11.2. The molecule has 25 heavy (non-hydrogen) atoms. The van der Waals surface area contributed by atoms with Crippen LogP contribution in [-0.2, 0) is 17.9 Å². The molecule has 0 fully saturated rings. The largest absolute Gasteiger partial charge is 0.489 e. The molecule has 2 N–H and O–H groups in total. The molecule has 0 radical (unpaired) electrons. The van der Waals surface area contributed by atoms with Gasteiger partial charge in [-0.05, 0) is 48.6 Å². The first-order valence-electron chi connectivity index (χ1n) is 8.31. The highest BCUT2D eigenvalue weighted by Crippen LogP contribution is 2.15. The van der Waals surface area contributed by atoms with E-state index in [1.54, 1.807) is 11.8 Å². The summed E-state index contributed by atoms with van der Waals surface area (Å²) in [5, 5.41) is 12.3. The number of hydrogen-bond acceptors (Lipinski definition) is 4. The van der Waals surface area contributed by atoms with Crippen LogP contribution in [0.2, 0.25) is 0 Å². The zero-order chi connectivity index (χ0) is 18.1. The number of nitrogens with one attached hydrogen (secondary N) is 1. The average molecular weight is 359 g/mol. The van der Waals surface area contributed by atoms with Gasteiger partial charge in [-0.25, -0.2) is 0 Å². The minimum Gasteiger partial charge on any atom is -0.489 e. The Kier molecular flexibility index (Phi) is 7.82. The summed E-state index contributed by atoms with van der Waals surface area (Å²) in [6, 6.07) is 15.5. The lowest BCUT2D eigenvalue weighted by molar-refractivity contribution is -0.139. The Labute approximate surface area is 153 Å². The van der Waals surface area contributed by atoms with Crippen LogP contribution in [0.25, 0.3) is 0 Å². The van der Waals surface area contributed by atoms with Gasteiger partial charge in [-0.1, -0.05) is 42.0 Å². The van der Waals surface area contributed by atoms with Gasteiger partial charge >= 0.3 is 5.97 Å². The molecule has 2 aromatic carbocycles. The first-order valence-corrected chi connectivity index (χ1v) is 9.70. The first-order chi connectivity index (χ1) is 12.1. The van der Waals surface area contributed by atoms with Crippen LogP contribution in [0.4, 0.5) is 0 Å². The number of benzene rings is 2. The van der Waals surface area contributed by atoms with E-state index in [4.69, 9.17) is 4.74 Å². The number of rotatable bonds is 10. The van der Waals surface area contributed by atoms with Gasteiger partial charge in [0, 0.05) is 6.54 Å². The standard InChI is InChI=1S/C20H25NO3S/c1-15-3-5-17(6-4-15)14-24-18-9-7-16(8-10-18)13-21-19(20(22)23)11-12-25-2/h3-10,19,21H,11-14H2,1-2H3,(H,22,23). The number of carbonyl (C=O) groups is 1. The SMILES string of the molecule is CSCCC(NCc1ccc(OCc2ccc(C)cc2)cc1)C(=O)O. The van der Waals surface area contributed by atoms with Crippen LogP contribution in [0, 0.1) is 6.92 Å². The van der Waals surface area contributed by atoms with Crippen molar-refractivity contribution < 1.29 is 14.6 Å². The van der Waals surface area contributed by atoms with Crippen molar-refractivity contribution in [1.82, 2.24) is 5.32 Å². The van der Waals surface area contributed by atoms with Gasteiger partial charge in [0.2, 0.25) is 0 Å². The fraction of sp³-hybridized carbons (Fsp3) is 0.350. The highest BCUT2D eigenvalue weighted by molar-refractivity contribution is 7.98. The average Bonchev–Trinajstić information content (AvgIpc) is 2.62. The van der Waals surface area contributed by atoms with E-state index in [0.717, 1.165) is 22.6 Å². The molecule has 4 nitrogen and oxygen atoms in total. The summed E-state index contributed by atoms with van der Waals surface area (Å²) in [4.78, 5) is 11.2. The second-order valence-corrected chi connectivity index (χ2v) is 6.96. The Morgan fingerprint density at radius 1 is 1.12 bits per heavy atom. The van der Waals surface area contributed by atoms with E-state index in [9.17, 15) is 9.90 Å². The number of hydrogen-bond donors (Lipinski definition) is 2. The van der Waals surface area contributed by atoms with Crippen LogP contribution in [0.15, 0.2) is 48.5 Å². The monoisotopic (exact) mass is 359 g/mol. The van der Waals surface area contributed by atoms with Crippen molar-refractivity contribution in [2.45, 2.75) is 32.5 Å². The third kappa shape index (κ3) is 6.80. The van der Waals surface area contributed by atoms with Crippen molar-refractivity contribution in [3.8, 4) is 5.75 Å². The summed E-state index contributed by atoms with van der Waals surface area (Å²) in [5.74, 6) is 0.837. The minimum atomic E-state index is -0.799. The molecule has 0 aliphatic rings. The van der Waals surface area contributed by atoms with E-state index >= 15 is 0 Å². The van der Waals surface area contributed by atoms with Crippen molar-refractivity contribution in [3.05, 3.63) is 65.2 Å². The lowest BCUT2D eigenvalue weighted by atomic mass is 10.1. The highest BCUT2D eigenvalue weighted by Gasteiger charge is 2.15. The van der Waals surface area contributed by atoms with E-state index in [2.05, 4.69) is 36.5 Å². The first kappa shape index (κ1) is 19.3. The third-order valence-corrected chi connectivity index (χ3v) is 4.55. The summed E-state index contributed by atoms with van der Waals surface area (Å²) in [6.07, 6.45) is 2.60. The summed E-state index contributed by atoms with van der Waals surface area (Å²) >= 11 is 1.66. The van der Waals surface area contributed by atoms with Crippen molar-refractivity contribution in [2.24, 2.45) is 0 Å². The van der Waals surface area contributed by atoms with Crippen molar-refractivity contribution in [1.29, 1.82) is 0 Å². The topological polar surface area (TPSA) is 58.6 Å². The molecule has 0 aromatic heterocycles. The molecule has 0 heterocycles. The zero-order valence-corrected chi connectivity index (χ0v) is 15.5. The fourth-order valence-corrected chi connectivity index (χ4v) is 2.82. The van der Waals surface area contributed by atoms with Gasteiger partial charge in [0.1, 0.15) is 18.4 Å². The number of carboxylic acids is 1. The lowest BCUT2D eigenvalue weighted by Gasteiger charge is -2.14. The Balaban J connectivity index is 1.82. The number of aryl methyl sites for hydroxylation is 1. The molecule has 134 valence electrons. The van der Waals surface area contributed by atoms with Crippen molar-refractivity contribution in [2.75, 3.05) is 12.0 Å². The summed E-state index contributed by atoms with van der Waals surface area (Å²) in [5.41, 5.74) is 3.41. The highest BCUT2D eigenvalue weighted by atomic mass is 32.2. The molecule has 2 rings (SSSR count). The van der Waals surface area contributed by atoms with Gasteiger partial charge in [0.05, 0.1) is 0 Å². The molecular formula is C20H25NO3S. The fourth-order valence-electron chi connectivity index (χ4n) is 2.34. The molecule has 2 aromatic rings. The molecule has 0 saturated carbocycles. The summed E-state index contributed by atoms with van der Waals surface area (Å²) in [7, 11) is 0. The van der Waals surface area contributed by atoms with Crippen molar-refractivity contribution in [3.63, 3.8) is 0 Å². The normalized spacial score (nSPS) is 11.9.